The molecule has 1 atom stereocenters. The quantitative estimate of drug-likeness (QED) is 0.414. The van der Waals surface area contributed by atoms with Crippen LogP contribution in [0.4, 0.5) is 0 Å². The highest BCUT2D eigenvalue weighted by atomic mass is 35.5. The summed E-state index contributed by atoms with van der Waals surface area (Å²) in [6, 6.07) is 11.8. The van der Waals surface area contributed by atoms with Gasteiger partial charge in [0.05, 0.1) is 16.8 Å². The standard InChI is InChI=1S/C23H24Cl2N4O2/c1-13(2)21(27-22(30)17-10-9-15(24)11-19(17)25)23(31)28-26-12-18-14(3)29(4)20-8-6-5-7-16(18)20/h5-13,21H,1-4H3,(H,27,30)(H,28,31)/b26-12-. The Hall–Kier alpha value is -2.83. The highest BCUT2D eigenvalue weighted by Gasteiger charge is 2.25. The fourth-order valence-electron chi connectivity index (χ4n) is 3.37. The van der Waals surface area contributed by atoms with E-state index in [9.17, 15) is 9.59 Å². The van der Waals surface area contributed by atoms with E-state index in [1.54, 1.807) is 12.3 Å². The van der Waals surface area contributed by atoms with Crippen LogP contribution in [0.15, 0.2) is 47.6 Å². The van der Waals surface area contributed by atoms with Crippen molar-refractivity contribution >= 4 is 52.1 Å². The van der Waals surface area contributed by atoms with Crippen LogP contribution >= 0.6 is 23.2 Å². The van der Waals surface area contributed by atoms with E-state index in [1.165, 1.54) is 12.1 Å². The predicted molar refractivity (Wildman–Crippen MR) is 126 cm³/mol. The molecule has 31 heavy (non-hydrogen) atoms. The Kier molecular flexibility index (Phi) is 7.03. The smallest absolute Gasteiger partial charge is 0.262 e. The first-order valence-electron chi connectivity index (χ1n) is 9.83. The number of nitrogens with zero attached hydrogens (tertiary/aromatic N) is 2. The molecule has 0 radical (unpaired) electrons. The molecule has 1 unspecified atom stereocenters. The molecule has 0 fully saturated rings. The number of carbonyl (C=O) groups excluding carboxylic acids is 2. The number of halogens is 2. The van der Waals surface area contributed by atoms with Gasteiger partial charge in [-0.05, 0) is 37.1 Å². The molecule has 3 rings (SSSR count). The van der Waals surface area contributed by atoms with Crippen molar-refractivity contribution in [3.8, 4) is 0 Å². The number of nitrogens with one attached hydrogen (secondary N) is 2. The van der Waals surface area contributed by atoms with Crippen molar-refractivity contribution in [2.75, 3.05) is 0 Å². The van der Waals surface area contributed by atoms with Gasteiger partial charge in [0.25, 0.3) is 11.8 Å². The average Bonchev–Trinajstić information content (AvgIpc) is 2.96. The number of aromatic nitrogens is 1. The van der Waals surface area contributed by atoms with Crippen LogP contribution in [0.1, 0.15) is 35.5 Å². The minimum atomic E-state index is -0.787. The molecule has 0 bridgehead atoms. The van der Waals surface area contributed by atoms with Gasteiger partial charge in [-0.3, -0.25) is 9.59 Å². The molecule has 6 nitrogen and oxygen atoms in total. The normalized spacial score (nSPS) is 12.5. The summed E-state index contributed by atoms with van der Waals surface area (Å²) in [6.07, 6.45) is 1.63. The van der Waals surface area contributed by atoms with Gasteiger partial charge in [0.2, 0.25) is 0 Å². The zero-order valence-electron chi connectivity index (χ0n) is 17.7. The van der Waals surface area contributed by atoms with Gasteiger partial charge >= 0.3 is 0 Å². The molecule has 0 saturated carbocycles. The van der Waals surface area contributed by atoms with Gasteiger partial charge in [0.15, 0.2) is 0 Å². The lowest BCUT2D eigenvalue weighted by Crippen LogP contribution is -2.48. The van der Waals surface area contributed by atoms with Crippen LogP contribution in [0.5, 0.6) is 0 Å². The SMILES string of the molecule is Cc1c(/C=N\NC(=O)C(NC(=O)c2ccc(Cl)cc2Cl)C(C)C)c2ccccc2n1C. The van der Waals surface area contributed by atoms with Gasteiger partial charge in [-0.1, -0.05) is 55.2 Å². The molecule has 0 saturated heterocycles. The predicted octanol–water partition coefficient (Wildman–Crippen LogP) is 4.70. The van der Waals surface area contributed by atoms with Crippen molar-refractivity contribution < 1.29 is 9.59 Å². The molecule has 1 heterocycles. The van der Waals surface area contributed by atoms with E-state index in [-0.39, 0.29) is 16.5 Å². The summed E-state index contributed by atoms with van der Waals surface area (Å²) in [5.41, 5.74) is 5.84. The summed E-state index contributed by atoms with van der Waals surface area (Å²) in [6.45, 7) is 5.68. The number of hydrogen-bond acceptors (Lipinski definition) is 3. The first-order valence-corrected chi connectivity index (χ1v) is 10.6. The minimum absolute atomic E-state index is 0.162. The van der Waals surface area contributed by atoms with Crippen molar-refractivity contribution in [1.82, 2.24) is 15.3 Å². The molecule has 2 aromatic carbocycles. The van der Waals surface area contributed by atoms with Crippen LogP contribution in [0, 0.1) is 12.8 Å². The lowest BCUT2D eigenvalue weighted by Gasteiger charge is -2.20. The number of hydrazone groups is 1. The van der Waals surface area contributed by atoms with Crippen molar-refractivity contribution in [2.45, 2.75) is 26.8 Å². The number of rotatable bonds is 6. The number of carbonyl (C=O) groups is 2. The number of benzene rings is 2. The van der Waals surface area contributed by atoms with E-state index in [0.29, 0.717) is 5.02 Å². The molecule has 0 spiro atoms. The fraction of sp³-hybridized carbons (Fsp3) is 0.261. The Bertz CT molecular complexity index is 1170. The minimum Gasteiger partial charge on any atom is -0.347 e. The molecule has 2 N–H and O–H groups in total. The van der Waals surface area contributed by atoms with Crippen molar-refractivity contribution in [1.29, 1.82) is 0 Å². The number of hydrogen-bond donors (Lipinski definition) is 2. The Balaban J connectivity index is 1.74. The molecular weight excluding hydrogens is 435 g/mol. The highest BCUT2D eigenvalue weighted by molar-refractivity contribution is 6.36. The molecule has 162 valence electrons. The van der Waals surface area contributed by atoms with Crippen molar-refractivity contribution in [3.05, 3.63) is 69.3 Å². The summed E-state index contributed by atoms with van der Waals surface area (Å²) in [4.78, 5) is 25.4. The van der Waals surface area contributed by atoms with Gasteiger partial charge in [-0.25, -0.2) is 5.43 Å². The average molecular weight is 459 g/mol. The van der Waals surface area contributed by atoms with Crippen LogP contribution in [-0.2, 0) is 11.8 Å². The maximum atomic E-state index is 12.7. The molecule has 0 aliphatic rings. The number of para-hydroxylation sites is 1. The summed E-state index contributed by atoms with van der Waals surface area (Å²) in [7, 11) is 1.99. The molecular formula is C23H24Cl2N4O2. The summed E-state index contributed by atoms with van der Waals surface area (Å²) >= 11 is 12.0. The third kappa shape index (κ3) is 4.92. The van der Waals surface area contributed by atoms with Gasteiger partial charge in [0.1, 0.15) is 6.04 Å². The monoisotopic (exact) mass is 458 g/mol. The van der Waals surface area contributed by atoms with Gasteiger partial charge < -0.3 is 9.88 Å². The van der Waals surface area contributed by atoms with E-state index in [4.69, 9.17) is 23.2 Å². The molecule has 1 aromatic heterocycles. The maximum absolute atomic E-state index is 12.7. The van der Waals surface area contributed by atoms with E-state index in [2.05, 4.69) is 20.4 Å². The molecule has 2 amide bonds. The Morgan fingerprint density at radius 3 is 2.52 bits per heavy atom. The Morgan fingerprint density at radius 1 is 1.13 bits per heavy atom. The fourth-order valence-corrected chi connectivity index (χ4v) is 3.86. The molecule has 8 heteroatoms. The van der Waals surface area contributed by atoms with Crippen LogP contribution < -0.4 is 10.7 Å². The van der Waals surface area contributed by atoms with E-state index in [0.717, 1.165) is 22.2 Å². The molecule has 0 aliphatic carbocycles. The largest absolute Gasteiger partial charge is 0.347 e. The van der Waals surface area contributed by atoms with Crippen molar-refractivity contribution in [2.24, 2.45) is 18.1 Å². The van der Waals surface area contributed by atoms with Crippen molar-refractivity contribution in [3.63, 3.8) is 0 Å². The van der Waals surface area contributed by atoms with Crippen LogP contribution in [0.3, 0.4) is 0 Å². The number of fused-ring (bicyclic) bond motifs is 1. The highest BCUT2D eigenvalue weighted by Crippen LogP contribution is 2.23. The Morgan fingerprint density at radius 2 is 1.84 bits per heavy atom. The summed E-state index contributed by atoms with van der Waals surface area (Å²) < 4.78 is 2.07. The summed E-state index contributed by atoms with van der Waals surface area (Å²) in [5.74, 6) is -1.03. The third-order valence-electron chi connectivity index (χ3n) is 5.23. The van der Waals surface area contributed by atoms with E-state index >= 15 is 0 Å². The number of amides is 2. The Labute approximate surface area is 191 Å². The van der Waals surface area contributed by atoms with E-state index < -0.39 is 17.9 Å². The first-order chi connectivity index (χ1) is 14.7. The summed E-state index contributed by atoms with van der Waals surface area (Å²) in [5, 5.41) is 8.57. The van der Waals surface area contributed by atoms with Gasteiger partial charge in [-0.15, -0.1) is 0 Å². The van der Waals surface area contributed by atoms with Crippen LogP contribution in [-0.4, -0.2) is 28.6 Å². The molecule has 3 aromatic rings. The molecule has 0 aliphatic heterocycles. The van der Waals surface area contributed by atoms with Gasteiger partial charge in [0, 0.05) is 34.2 Å². The van der Waals surface area contributed by atoms with E-state index in [1.807, 2.05) is 52.1 Å². The second-order valence-electron chi connectivity index (χ2n) is 7.63. The maximum Gasteiger partial charge on any atom is 0.262 e. The first kappa shape index (κ1) is 22.8. The topological polar surface area (TPSA) is 75.5 Å². The lowest BCUT2D eigenvalue weighted by atomic mass is 10.0. The zero-order chi connectivity index (χ0) is 22.7. The second kappa shape index (κ2) is 9.54. The lowest BCUT2D eigenvalue weighted by molar-refractivity contribution is -0.123. The number of aryl methyl sites for hydroxylation is 1. The third-order valence-corrected chi connectivity index (χ3v) is 5.78. The second-order valence-corrected chi connectivity index (χ2v) is 8.47. The van der Waals surface area contributed by atoms with Gasteiger partial charge in [-0.2, -0.15) is 5.10 Å². The zero-order valence-corrected chi connectivity index (χ0v) is 19.3. The van der Waals surface area contributed by atoms with Crippen LogP contribution in [0.2, 0.25) is 10.0 Å². The van der Waals surface area contributed by atoms with Crippen LogP contribution in [0.25, 0.3) is 10.9 Å².